The van der Waals surface area contributed by atoms with Crippen LogP contribution in [-0.2, 0) is 16.0 Å². The number of carbonyl (C=O) groups excluding carboxylic acids is 3. The fourth-order valence-electron chi connectivity index (χ4n) is 9.39. The molecule has 4 aliphatic heterocycles. The second-order valence-corrected chi connectivity index (χ2v) is 17.0. The number of hydrogen-bond acceptors (Lipinski definition) is 11. The van der Waals surface area contributed by atoms with Gasteiger partial charge >= 0.3 is 6.03 Å². The predicted molar refractivity (Wildman–Crippen MR) is 235 cm³/mol. The SMILES string of the molecule is CCc1cn(C2CCN(CC3CCN(C(=O)c4ccc(C5CN(C(/C=C(\N)c6ccccc6O)=C(N)N)C(C)CO5)cc4)CC3)CC2F)c2ncc(N3CCC(=O)NC3=O)cc12. The van der Waals surface area contributed by atoms with Gasteiger partial charge < -0.3 is 46.3 Å². The molecule has 0 radical (unpaired) electrons. The Morgan fingerprint density at radius 2 is 1.77 bits per heavy atom. The third-order valence-electron chi connectivity index (χ3n) is 12.9. The van der Waals surface area contributed by atoms with Crippen LogP contribution in [-0.4, -0.2) is 112 Å². The molecular weight excluding hydrogens is 792 g/mol. The number of alkyl halides is 1. The Morgan fingerprint density at radius 1 is 1.02 bits per heavy atom. The van der Waals surface area contributed by atoms with Crippen LogP contribution in [0.15, 0.2) is 84.6 Å². The molecule has 8 rings (SSSR count). The number of likely N-dealkylation sites (tertiary alicyclic amines) is 2. The van der Waals surface area contributed by atoms with E-state index in [1.165, 1.54) is 4.90 Å². The van der Waals surface area contributed by atoms with Gasteiger partial charge in [0.05, 0.1) is 30.2 Å². The van der Waals surface area contributed by atoms with Crippen molar-refractivity contribution in [3.8, 4) is 5.75 Å². The summed E-state index contributed by atoms with van der Waals surface area (Å²) in [5, 5.41) is 13.6. The van der Waals surface area contributed by atoms with Gasteiger partial charge in [0.15, 0.2) is 0 Å². The number of aromatic hydroxyl groups is 1. The Labute approximate surface area is 360 Å². The van der Waals surface area contributed by atoms with Gasteiger partial charge in [-0.15, -0.1) is 0 Å². The monoisotopic (exact) mass is 848 g/mol. The summed E-state index contributed by atoms with van der Waals surface area (Å²) < 4.78 is 24.3. The number of nitrogens with zero attached hydrogens (tertiary/aromatic N) is 6. The lowest BCUT2D eigenvalue weighted by molar-refractivity contribution is -0.120. The molecule has 4 saturated heterocycles. The lowest BCUT2D eigenvalue weighted by Crippen LogP contribution is -2.49. The first-order chi connectivity index (χ1) is 29.9. The molecule has 4 fully saturated rings. The zero-order chi connectivity index (χ0) is 43.7. The minimum atomic E-state index is -1.08. The van der Waals surface area contributed by atoms with E-state index in [1.54, 1.807) is 36.5 Å². The number of imide groups is 1. The van der Waals surface area contributed by atoms with Crippen LogP contribution in [0.4, 0.5) is 14.9 Å². The van der Waals surface area contributed by atoms with Gasteiger partial charge in [-0.1, -0.05) is 31.2 Å². The molecule has 15 nitrogen and oxygen atoms in total. The zero-order valence-corrected chi connectivity index (χ0v) is 35.4. The van der Waals surface area contributed by atoms with Crippen LogP contribution in [0.25, 0.3) is 16.7 Å². The number of nitrogens with two attached hydrogens (primary N) is 3. The number of benzene rings is 2. The summed E-state index contributed by atoms with van der Waals surface area (Å²) in [5.41, 5.74) is 24.0. The Bertz CT molecular complexity index is 2370. The molecule has 16 heteroatoms. The van der Waals surface area contributed by atoms with Crippen molar-refractivity contribution >= 4 is 40.3 Å². The maximum Gasteiger partial charge on any atom is 0.328 e. The molecule has 328 valence electrons. The molecule has 4 atom stereocenters. The quantitative estimate of drug-likeness (QED) is 0.138. The minimum absolute atomic E-state index is 0.00854. The van der Waals surface area contributed by atoms with Crippen LogP contribution >= 0.6 is 0 Å². The maximum absolute atomic E-state index is 16.1. The Morgan fingerprint density at radius 3 is 2.47 bits per heavy atom. The Balaban J connectivity index is 0.836. The summed E-state index contributed by atoms with van der Waals surface area (Å²) in [7, 11) is 0. The number of rotatable bonds is 10. The summed E-state index contributed by atoms with van der Waals surface area (Å²) in [5.74, 6) is 0.231. The second kappa shape index (κ2) is 18.1. The third-order valence-corrected chi connectivity index (χ3v) is 12.9. The normalized spacial score (nSPS) is 23.1. The van der Waals surface area contributed by atoms with Crippen molar-refractivity contribution in [3.05, 3.63) is 107 Å². The predicted octanol–water partition coefficient (Wildman–Crippen LogP) is 4.74. The summed E-state index contributed by atoms with van der Waals surface area (Å²) in [6.07, 6.45) is 7.26. The van der Waals surface area contributed by atoms with Gasteiger partial charge in [-0.05, 0) is 86.1 Å². The number of aryl methyl sites for hydroxylation is 1. The topological polar surface area (TPSA) is 202 Å². The van der Waals surface area contributed by atoms with E-state index in [0.29, 0.717) is 79.0 Å². The number of halogens is 1. The number of allylic oxidation sites excluding steroid dienone is 1. The summed E-state index contributed by atoms with van der Waals surface area (Å²) >= 11 is 0. The second-order valence-electron chi connectivity index (χ2n) is 17.0. The van der Waals surface area contributed by atoms with Crippen molar-refractivity contribution in [2.75, 3.05) is 57.3 Å². The van der Waals surface area contributed by atoms with Gasteiger partial charge in [-0.3, -0.25) is 19.8 Å². The van der Waals surface area contributed by atoms with Crippen LogP contribution in [0.1, 0.15) is 78.7 Å². The number of pyridine rings is 1. The highest BCUT2D eigenvalue weighted by Crippen LogP contribution is 2.35. The van der Waals surface area contributed by atoms with E-state index in [4.69, 9.17) is 26.9 Å². The van der Waals surface area contributed by atoms with Crippen LogP contribution in [0.3, 0.4) is 0 Å². The van der Waals surface area contributed by atoms with Gasteiger partial charge in [0.25, 0.3) is 5.91 Å². The maximum atomic E-state index is 16.1. The van der Waals surface area contributed by atoms with E-state index < -0.39 is 12.2 Å². The summed E-state index contributed by atoms with van der Waals surface area (Å²) in [4.78, 5) is 50.3. The third kappa shape index (κ3) is 8.79. The van der Waals surface area contributed by atoms with Crippen LogP contribution in [0.2, 0.25) is 0 Å². The van der Waals surface area contributed by atoms with Crippen molar-refractivity contribution in [3.63, 3.8) is 0 Å². The lowest BCUT2D eigenvalue weighted by Gasteiger charge is -2.40. The summed E-state index contributed by atoms with van der Waals surface area (Å²) in [6, 6.07) is 15.5. The van der Waals surface area contributed by atoms with E-state index in [2.05, 4.69) is 22.0 Å². The standard InChI is InChI=1S/C46H57FN10O5/c1-3-30-24-57(44-35(30)20-33(22-51-44)55-19-15-42(59)52-46(55)61)38-14-16-53(25-36(38)47)23-29-12-17-54(18-13-29)45(60)32-10-8-31(9-11-32)41-26-56(28(2)27-62-41)39(43(49)50)21-37(48)34-6-4-5-7-40(34)58/h4-11,20-22,24,28-29,36,38,41,58H,3,12-19,23,25-27,48-50H2,1-2H3,(H,52,59,61)/b37-21-. The number of nitrogens with one attached hydrogen (secondary N) is 1. The number of phenolic OH excluding ortho intramolecular Hbond substituents is 1. The average molecular weight is 849 g/mol. The molecule has 8 N–H and O–H groups in total. The van der Waals surface area contributed by atoms with Gasteiger partial charge in [-0.25, -0.2) is 14.2 Å². The van der Waals surface area contributed by atoms with Gasteiger partial charge in [0, 0.05) is 86.7 Å². The fraction of sp³-hybridized carbons (Fsp3) is 0.435. The molecule has 62 heavy (non-hydrogen) atoms. The smallest absolute Gasteiger partial charge is 0.328 e. The number of anilines is 1. The number of carbonyl (C=O) groups is 3. The van der Waals surface area contributed by atoms with Gasteiger partial charge in [0.1, 0.15) is 29.5 Å². The minimum Gasteiger partial charge on any atom is -0.507 e. The van der Waals surface area contributed by atoms with Gasteiger partial charge in [0.2, 0.25) is 5.91 Å². The molecule has 4 aromatic rings. The highest BCUT2D eigenvalue weighted by atomic mass is 19.1. The molecule has 0 bridgehead atoms. The zero-order valence-electron chi connectivity index (χ0n) is 35.4. The number of urea groups is 1. The molecule has 0 saturated carbocycles. The molecule has 0 spiro atoms. The lowest BCUT2D eigenvalue weighted by atomic mass is 9.93. The molecule has 0 aliphatic carbocycles. The largest absolute Gasteiger partial charge is 0.507 e. The number of morpholine rings is 1. The van der Waals surface area contributed by atoms with E-state index >= 15 is 4.39 Å². The average Bonchev–Trinajstić information content (AvgIpc) is 3.63. The number of piperidine rings is 2. The van der Waals surface area contributed by atoms with Crippen molar-refractivity contribution in [1.82, 2.24) is 29.6 Å². The molecule has 4 unspecified atom stereocenters. The van der Waals surface area contributed by atoms with E-state index in [0.717, 1.165) is 48.9 Å². The number of para-hydroxylation sites is 1. The van der Waals surface area contributed by atoms with Crippen LogP contribution in [0.5, 0.6) is 5.75 Å². The number of ether oxygens (including phenoxy) is 1. The summed E-state index contributed by atoms with van der Waals surface area (Å²) in [6.45, 7) is 8.40. The number of amides is 4. The number of hydrogen-bond donors (Lipinski definition) is 5. The van der Waals surface area contributed by atoms with Crippen molar-refractivity contribution in [2.45, 2.75) is 70.3 Å². The first kappa shape index (κ1) is 42.6. The number of fused-ring (bicyclic) bond motifs is 1. The molecule has 2 aromatic heterocycles. The van der Waals surface area contributed by atoms with Gasteiger partial charge in [-0.2, -0.15) is 0 Å². The molecule has 6 heterocycles. The molecular formula is C46H57FN10O5. The molecule has 4 aliphatic rings. The van der Waals surface area contributed by atoms with E-state index in [-0.39, 0.29) is 54.5 Å². The van der Waals surface area contributed by atoms with Crippen molar-refractivity contribution < 1.29 is 28.6 Å². The number of phenols is 1. The van der Waals surface area contributed by atoms with Crippen LogP contribution in [0, 0.1) is 5.92 Å². The number of aromatic nitrogens is 2. The fourth-order valence-corrected chi connectivity index (χ4v) is 9.39. The highest BCUT2D eigenvalue weighted by Gasteiger charge is 2.35. The van der Waals surface area contributed by atoms with Crippen molar-refractivity contribution in [1.29, 1.82) is 0 Å². The Hall–Kier alpha value is -6.13. The molecule has 4 amide bonds. The first-order valence-electron chi connectivity index (χ1n) is 21.6. The van der Waals surface area contributed by atoms with Crippen LogP contribution < -0.4 is 27.4 Å². The van der Waals surface area contributed by atoms with Crippen molar-refractivity contribution in [2.24, 2.45) is 23.1 Å². The first-order valence-corrected chi connectivity index (χ1v) is 21.6. The van der Waals surface area contributed by atoms with E-state index in [9.17, 15) is 19.5 Å². The van der Waals surface area contributed by atoms with E-state index in [1.807, 2.05) is 52.9 Å². The molecule has 2 aromatic carbocycles. The highest BCUT2D eigenvalue weighted by molar-refractivity contribution is 6.06. The Kier molecular flexibility index (Phi) is 12.4.